The van der Waals surface area contributed by atoms with Crippen molar-refractivity contribution in [3.8, 4) is 0 Å². The van der Waals surface area contributed by atoms with Crippen LogP contribution in [0.2, 0.25) is 0 Å². The summed E-state index contributed by atoms with van der Waals surface area (Å²) in [7, 11) is -3.16. The topological polar surface area (TPSA) is 46.5 Å². The zero-order chi connectivity index (χ0) is 6.62. The van der Waals surface area contributed by atoms with E-state index in [1.54, 1.807) is 6.92 Å². The maximum absolute atomic E-state index is 10.4. The number of rotatable bonds is 3. The van der Waals surface area contributed by atoms with Crippen molar-refractivity contribution in [2.75, 3.05) is 5.75 Å². The smallest absolute Gasteiger partial charge is 0.205 e. The lowest BCUT2D eigenvalue weighted by Crippen LogP contribution is -1.99. The Morgan fingerprint density at radius 2 is 2.12 bits per heavy atom. The maximum Gasteiger partial charge on any atom is 0.252 e. The summed E-state index contributed by atoms with van der Waals surface area (Å²) in [6, 6.07) is 0. The monoisotopic (exact) mass is 135 g/mol. The second kappa shape index (κ2) is 2.81. The van der Waals surface area contributed by atoms with Crippen molar-refractivity contribution in [3.05, 3.63) is 0 Å². The van der Waals surface area contributed by atoms with Gasteiger partial charge in [-0.3, -0.25) is 0 Å². The molecule has 0 rings (SSSR count). The van der Waals surface area contributed by atoms with Crippen molar-refractivity contribution in [2.24, 2.45) is 4.40 Å². The molecule has 0 aliphatic carbocycles. The van der Waals surface area contributed by atoms with Gasteiger partial charge in [0.25, 0.3) is 10.0 Å². The summed E-state index contributed by atoms with van der Waals surface area (Å²) in [5.74, 6) is 0.108. The van der Waals surface area contributed by atoms with Crippen LogP contribution >= 0.6 is 0 Å². The lowest BCUT2D eigenvalue weighted by molar-refractivity contribution is 0.597. The third-order valence-corrected chi connectivity index (χ3v) is 1.98. The van der Waals surface area contributed by atoms with Crippen molar-refractivity contribution < 1.29 is 8.42 Å². The molecule has 0 unspecified atom stereocenters. The van der Waals surface area contributed by atoms with Crippen LogP contribution in [0.4, 0.5) is 0 Å². The predicted octanol–water partition coefficient (Wildman–Crippen LogP) is 0.427. The predicted molar refractivity (Wildman–Crippen MR) is 33.6 cm³/mol. The summed E-state index contributed by atoms with van der Waals surface area (Å²) >= 11 is 0. The van der Waals surface area contributed by atoms with Gasteiger partial charge in [-0.25, -0.2) is 8.42 Å². The van der Waals surface area contributed by atoms with E-state index >= 15 is 0 Å². The molecule has 0 saturated carbocycles. The van der Waals surface area contributed by atoms with Crippen molar-refractivity contribution in [1.29, 1.82) is 0 Å². The summed E-state index contributed by atoms with van der Waals surface area (Å²) in [5.41, 5.74) is 0. The minimum absolute atomic E-state index is 0.108. The molecule has 3 nitrogen and oxygen atoms in total. The Labute approximate surface area is 49.5 Å². The van der Waals surface area contributed by atoms with E-state index in [9.17, 15) is 8.42 Å². The highest BCUT2D eigenvalue weighted by Crippen LogP contribution is 1.91. The third-order valence-electron chi connectivity index (χ3n) is 0.659. The van der Waals surface area contributed by atoms with Crippen LogP contribution in [0, 0.1) is 0 Å². The second-order valence-electron chi connectivity index (χ2n) is 1.42. The Kier molecular flexibility index (Phi) is 2.68. The van der Waals surface area contributed by atoms with Gasteiger partial charge in [-0.2, -0.15) is 4.40 Å². The highest BCUT2D eigenvalue weighted by Gasteiger charge is 2.00. The van der Waals surface area contributed by atoms with E-state index in [-0.39, 0.29) is 5.75 Å². The summed E-state index contributed by atoms with van der Waals surface area (Å²) in [5, 5.41) is 0. The Hall–Kier alpha value is -0.380. The quantitative estimate of drug-likeness (QED) is 0.527. The molecule has 0 aromatic carbocycles. The molecule has 0 spiro atoms. The molecule has 0 bridgehead atoms. The highest BCUT2D eigenvalue weighted by atomic mass is 32.2. The number of hydrogen-bond donors (Lipinski definition) is 0. The van der Waals surface area contributed by atoms with E-state index in [0.29, 0.717) is 6.42 Å². The Bertz CT molecular complexity index is 159. The lowest BCUT2D eigenvalue weighted by atomic mass is 10.6. The van der Waals surface area contributed by atoms with Gasteiger partial charge in [0, 0.05) is 6.72 Å². The van der Waals surface area contributed by atoms with E-state index < -0.39 is 10.0 Å². The summed E-state index contributed by atoms with van der Waals surface area (Å²) < 4.78 is 23.7. The Balaban J connectivity index is 3.95. The van der Waals surface area contributed by atoms with Crippen molar-refractivity contribution in [3.63, 3.8) is 0 Å². The van der Waals surface area contributed by atoms with Gasteiger partial charge < -0.3 is 0 Å². The molecule has 0 N–H and O–H groups in total. The molecule has 0 aliphatic rings. The highest BCUT2D eigenvalue weighted by molar-refractivity contribution is 7.90. The minimum Gasteiger partial charge on any atom is -0.205 e. The summed E-state index contributed by atoms with van der Waals surface area (Å²) in [6.45, 7) is 4.69. The van der Waals surface area contributed by atoms with Gasteiger partial charge in [-0.05, 0) is 6.42 Å². The molecule has 0 radical (unpaired) electrons. The fourth-order valence-corrected chi connectivity index (χ4v) is 0.968. The van der Waals surface area contributed by atoms with Crippen molar-refractivity contribution >= 4 is 16.7 Å². The molecule has 8 heavy (non-hydrogen) atoms. The van der Waals surface area contributed by atoms with Crippen LogP contribution < -0.4 is 0 Å². The van der Waals surface area contributed by atoms with Gasteiger partial charge in [0.2, 0.25) is 0 Å². The molecule has 0 aliphatic heterocycles. The molecular formula is C4H9NO2S. The number of hydrogen-bond acceptors (Lipinski definition) is 2. The zero-order valence-electron chi connectivity index (χ0n) is 4.79. The Morgan fingerprint density at radius 1 is 1.62 bits per heavy atom. The number of nitrogens with zero attached hydrogens (tertiary/aromatic N) is 1. The molecular weight excluding hydrogens is 126 g/mol. The van der Waals surface area contributed by atoms with Gasteiger partial charge in [0.15, 0.2) is 0 Å². The molecule has 0 atom stereocenters. The van der Waals surface area contributed by atoms with Gasteiger partial charge in [0.1, 0.15) is 0 Å². The first kappa shape index (κ1) is 7.62. The molecule has 0 heterocycles. The fourth-order valence-electron chi connectivity index (χ4n) is 0.323. The minimum atomic E-state index is -3.16. The van der Waals surface area contributed by atoms with Crippen LogP contribution in [-0.2, 0) is 10.0 Å². The van der Waals surface area contributed by atoms with Gasteiger partial charge >= 0.3 is 0 Å². The normalized spacial score (nSPS) is 11.1. The summed E-state index contributed by atoms with van der Waals surface area (Å²) in [6.07, 6.45) is 0.599. The molecule has 4 heteroatoms. The first-order valence-electron chi connectivity index (χ1n) is 2.33. The molecule has 0 saturated heterocycles. The van der Waals surface area contributed by atoms with E-state index in [2.05, 4.69) is 11.1 Å². The molecule has 0 fully saturated rings. The maximum atomic E-state index is 10.4. The molecule has 0 amide bonds. The zero-order valence-corrected chi connectivity index (χ0v) is 5.61. The average Bonchev–Trinajstić information content (AvgIpc) is 1.67. The van der Waals surface area contributed by atoms with E-state index in [0.717, 1.165) is 0 Å². The van der Waals surface area contributed by atoms with Crippen LogP contribution in [-0.4, -0.2) is 20.9 Å². The average molecular weight is 135 g/mol. The second-order valence-corrected chi connectivity index (χ2v) is 3.25. The van der Waals surface area contributed by atoms with Gasteiger partial charge in [-0.1, -0.05) is 6.92 Å². The van der Waals surface area contributed by atoms with Crippen LogP contribution in [0.3, 0.4) is 0 Å². The molecule has 48 valence electrons. The summed E-state index contributed by atoms with van der Waals surface area (Å²) in [4.78, 5) is 0. The fraction of sp³-hybridized carbons (Fsp3) is 0.750. The SMILES string of the molecule is C=NS(=O)(=O)CCC. The molecule has 0 aromatic rings. The Morgan fingerprint density at radius 3 is 2.25 bits per heavy atom. The van der Waals surface area contributed by atoms with E-state index in [4.69, 9.17) is 0 Å². The van der Waals surface area contributed by atoms with Crippen LogP contribution in [0.1, 0.15) is 13.3 Å². The lowest BCUT2D eigenvalue weighted by Gasteiger charge is -1.88. The van der Waals surface area contributed by atoms with E-state index in [1.165, 1.54) is 0 Å². The first-order chi connectivity index (χ1) is 3.62. The number of sulfonamides is 1. The van der Waals surface area contributed by atoms with Crippen molar-refractivity contribution in [2.45, 2.75) is 13.3 Å². The van der Waals surface area contributed by atoms with Crippen LogP contribution in [0.15, 0.2) is 4.40 Å². The van der Waals surface area contributed by atoms with Gasteiger partial charge in [0.05, 0.1) is 5.75 Å². The third kappa shape index (κ3) is 2.74. The molecule has 0 aromatic heterocycles. The van der Waals surface area contributed by atoms with Crippen LogP contribution in [0.5, 0.6) is 0 Å². The van der Waals surface area contributed by atoms with E-state index in [1.807, 2.05) is 0 Å². The first-order valence-corrected chi connectivity index (χ1v) is 3.94. The van der Waals surface area contributed by atoms with Crippen molar-refractivity contribution in [1.82, 2.24) is 0 Å². The van der Waals surface area contributed by atoms with Crippen LogP contribution in [0.25, 0.3) is 0 Å². The largest absolute Gasteiger partial charge is 0.252 e. The standard InChI is InChI=1S/C4H9NO2S/c1-3-4-8(6,7)5-2/h2-4H2,1H3. The van der Waals surface area contributed by atoms with Gasteiger partial charge in [-0.15, -0.1) is 0 Å².